The van der Waals surface area contributed by atoms with E-state index in [-0.39, 0.29) is 11.5 Å². The van der Waals surface area contributed by atoms with Gasteiger partial charge in [-0.3, -0.25) is 9.55 Å². The second kappa shape index (κ2) is 8.41. The molecular formula is C23H25N7O2. The molecule has 4 aromatic heterocycles. The monoisotopic (exact) mass is 431 g/mol. The van der Waals surface area contributed by atoms with Crippen molar-refractivity contribution in [3.05, 3.63) is 64.2 Å². The van der Waals surface area contributed by atoms with Crippen LogP contribution in [0.15, 0.2) is 41.5 Å². The number of aryl methyl sites for hydroxylation is 2. The molecular weight excluding hydrogens is 406 g/mol. The van der Waals surface area contributed by atoms with Crippen LogP contribution in [0, 0.1) is 12.8 Å². The Morgan fingerprint density at radius 3 is 2.72 bits per heavy atom. The quantitative estimate of drug-likeness (QED) is 0.459. The van der Waals surface area contributed by atoms with Gasteiger partial charge in [-0.15, -0.1) is 0 Å². The lowest BCUT2D eigenvalue weighted by molar-refractivity contribution is 0.295. The largest absolute Gasteiger partial charge is 0.437 e. The summed E-state index contributed by atoms with van der Waals surface area (Å²) in [6.07, 6.45) is 9.74. The SMILES string of the molecule is Cc1nc(N)c2[nH]c(=O)n(Cc3ccc(Oc4ccc(CCC5CCC5)nc4)nc3)c2n1. The molecule has 0 radical (unpaired) electrons. The van der Waals surface area contributed by atoms with E-state index in [1.54, 1.807) is 25.4 Å². The third-order valence-electron chi connectivity index (χ3n) is 5.95. The fourth-order valence-corrected chi connectivity index (χ4v) is 3.93. The third kappa shape index (κ3) is 4.18. The van der Waals surface area contributed by atoms with E-state index in [0.717, 1.165) is 23.6 Å². The fourth-order valence-electron chi connectivity index (χ4n) is 3.93. The number of nitrogens with one attached hydrogen (secondary N) is 1. The molecule has 0 spiro atoms. The maximum Gasteiger partial charge on any atom is 0.328 e. The number of rotatable bonds is 7. The first kappa shape index (κ1) is 20.2. The predicted octanol–water partition coefficient (Wildman–Crippen LogP) is 3.37. The van der Waals surface area contributed by atoms with Gasteiger partial charge in [-0.05, 0) is 43.4 Å². The number of ether oxygens (including phenoxy) is 1. The summed E-state index contributed by atoms with van der Waals surface area (Å²) in [4.78, 5) is 32.4. The third-order valence-corrected chi connectivity index (χ3v) is 5.95. The van der Waals surface area contributed by atoms with Crippen LogP contribution >= 0.6 is 0 Å². The van der Waals surface area contributed by atoms with Crippen LogP contribution in [0.25, 0.3) is 11.2 Å². The van der Waals surface area contributed by atoms with Crippen LogP contribution in [0.3, 0.4) is 0 Å². The molecule has 0 amide bonds. The van der Waals surface area contributed by atoms with Crippen molar-refractivity contribution < 1.29 is 4.74 Å². The normalized spacial score (nSPS) is 13.9. The molecule has 1 saturated carbocycles. The number of nitrogens with two attached hydrogens (primary N) is 1. The van der Waals surface area contributed by atoms with Crippen LogP contribution in [0.1, 0.15) is 42.8 Å². The summed E-state index contributed by atoms with van der Waals surface area (Å²) in [6.45, 7) is 2.04. The van der Waals surface area contributed by atoms with Crippen molar-refractivity contribution >= 4 is 17.0 Å². The minimum atomic E-state index is -0.296. The molecule has 4 heterocycles. The molecule has 3 N–H and O–H groups in total. The summed E-state index contributed by atoms with van der Waals surface area (Å²) in [5, 5.41) is 0. The van der Waals surface area contributed by atoms with Crippen molar-refractivity contribution in [3.63, 3.8) is 0 Å². The van der Waals surface area contributed by atoms with Crippen molar-refractivity contribution in [2.45, 2.75) is 45.6 Å². The molecule has 9 heteroatoms. The van der Waals surface area contributed by atoms with E-state index in [0.29, 0.717) is 35.2 Å². The predicted molar refractivity (Wildman–Crippen MR) is 121 cm³/mol. The number of H-pyrrole nitrogens is 1. The van der Waals surface area contributed by atoms with Gasteiger partial charge in [0.15, 0.2) is 11.5 Å². The molecule has 0 bridgehead atoms. The number of anilines is 1. The number of imidazole rings is 1. The maximum absolute atomic E-state index is 12.4. The average Bonchev–Trinajstić information content (AvgIpc) is 3.05. The number of nitrogen functional groups attached to an aromatic ring is 1. The molecule has 0 unspecified atom stereocenters. The average molecular weight is 432 g/mol. The first-order valence-corrected chi connectivity index (χ1v) is 10.9. The smallest absolute Gasteiger partial charge is 0.328 e. The summed E-state index contributed by atoms with van der Waals surface area (Å²) in [6, 6.07) is 7.58. The Balaban J connectivity index is 1.25. The van der Waals surface area contributed by atoms with Gasteiger partial charge in [0.2, 0.25) is 5.88 Å². The summed E-state index contributed by atoms with van der Waals surface area (Å²) in [5.74, 6) is 2.75. The maximum atomic E-state index is 12.4. The van der Waals surface area contributed by atoms with Crippen LogP contribution < -0.4 is 16.2 Å². The first-order valence-electron chi connectivity index (χ1n) is 10.9. The number of fused-ring (bicyclic) bond motifs is 1. The van der Waals surface area contributed by atoms with Crippen molar-refractivity contribution in [3.8, 4) is 11.6 Å². The highest BCUT2D eigenvalue weighted by Gasteiger charge is 2.17. The lowest BCUT2D eigenvalue weighted by atomic mass is 9.82. The Labute approximate surface area is 184 Å². The number of aromatic nitrogens is 6. The molecule has 164 valence electrons. The first-order chi connectivity index (χ1) is 15.5. The van der Waals surface area contributed by atoms with Gasteiger partial charge < -0.3 is 15.5 Å². The Kier molecular flexibility index (Phi) is 5.30. The molecule has 0 atom stereocenters. The Morgan fingerprint density at radius 2 is 2.03 bits per heavy atom. The molecule has 32 heavy (non-hydrogen) atoms. The number of aromatic amines is 1. The molecule has 0 aliphatic heterocycles. The van der Waals surface area contributed by atoms with Crippen molar-refractivity contribution in [2.24, 2.45) is 5.92 Å². The molecule has 1 aliphatic carbocycles. The molecule has 0 saturated heterocycles. The number of hydrogen-bond donors (Lipinski definition) is 2. The van der Waals surface area contributed by atoms with Crippen LogP contribution in [0.2, 0.25) is 0 Å². The van der Waals surface area contributed by atoms with E-state index in [4.69, 9.17) is 10.5 Å². The standard InChI is InChI=1S/C23H25N7O2/c1-14-27-21(24)20-22(28-14)30(23(31)29-20)13-16-6-10-19(26-11-16)32-18-9-8-17(25-12-18)7-5-15-3-2-4-15/h6,8-12,15H,2-5,7,13H2,1H3,(H,29,31)(H2,24,27,28). The topological polar surface area (TPSA) is 125 Å². The highest BCUT2D eigenvalue weighted by atomic mass is 16.5. The van der Waals surface area contributed by atoms with E-state index in [1.807, 2.05) is 18.2 Å². The molecule has 1 aliphatic rings. The van der Waals surface area contributed by atoms with E-state index in [2.05, 4.69) is 24.9 Å². The van der Waals surface area contributed by atoms with Crippen molar-refractivity contribution in [1.82, 2.24) is 29.5 Å². The van der Waals surface area contributed by atoms with Crippen molar-refractivity contribution in [2.75, 3.05) is 5.73 Å². The van der Waals surface area contributed by atoms with Gasteiger partial charge >= 0.3 is 5.69 Å². The van der Waals surface area contributed by atoms with Crippen molar-refractivity contribution in [1.29, 1.82) is 0 Å². The van der Waals surface area contributed by atoms with Gasteiger partial charge in [-0.1, -0.05) is 25.3 Å². The minimum absolute atomic E-state index is 0.257. The van der Waals surface area contributed by atoms with Crippen LogP contribution in [0.4, 0.5) is 5.82 Å². The van der Waals surface area contributed by atoms with Crippen LogP contribution in [-0.4, -0.2) is 29.5 Å². The zero-order valence-corrected chi connectivity index (χ0v) is 17.9. The molecule has 5 rings (SSSR count). The van der Waals surface area contributed by atoms with E-state index in [9.17, 15) is 4.79 Å². The lowest BCUT2D eigenvalue weighted by Gasteiger charge is -2.24. The Morgan fingerprint density at radius 1 is 1.16 bits per heavy atom. The van der Waals surface area contributed by atoms with Gasteiger partial charge in [0.05, 0.1) is 12.7 Å². The van der Waals surface area contributed by atoms with Gasteiger partial charge in [-0.2, -0.15) is 0 Å². The highest BCUT2D eigenvalue weighted by Crippen LogP contribution is 2.30. The zero-order valence-electron chi connectivity index (χ0n) is 17.9. The second-order valence-corrected chi connectivity index (χ2v) is 8.30. The lowest BCUT2D eigenvalue weighted by Crippen LogP contribution is -2.18. The Bertz CT molecular complexity index is 1290. The summed E-state index contributed by atoms with van der Waals surface area (Å²) in [7, 11) is 0. The molecule has 4 aromatic rings. The van der Waals surface area contributed by atoms with Crippen LogP contribution in [0.5, 0.6) is 11.6 Å². The zero-order chi connectivity index (χ0) is 22.1. The van der Waals surface area contributed by atoms with E-state index >= 15 is 0 Å². The number of hydrogen-bond acceptors (Lipinski definition) is 7. The summed E-state index contributed by atoms with van der Waals surface area (Å²) < 4.78 is 7.34. The van der Waals surface area contributed by atoms with Gasteiger partial charge in [0.25, 0.3) is 0 Å². The van der Waals surface area contributed by atoms with Gasteiger partial charge in [-0.25, -0.2) is 19.7 Å². The summed E-state index contributed by atoms with van der Waals surface area (Å²) in [5.41, 5.74) is 8.45. The summed E-state index contributed by atoms with van der Waals surface area (Å²) >= 11 is 0. The molecule has 0 aromatic carbocycles. The van der Waals surface area contributed by atoms with Crippen LogP contribution in [-0.2, 0) is 13.0 Å². The Hall–Kier alpha value is -3.75. The van der Waals surface area contributed by atoms with E-state index in [1.165, 1.54) is 30.3 Å². The number of pyridine rings is 2. The van der Waals surface area contributed by atoms with Gasteiger partial charge in [0, 0.05) is 18.0 Å². The molecule has 1 fully saturated rings. The number of nitrogens with zero attached hydrogens (tertiary/aromatic N) is 5. The van der Waals surface area contributed by atoms with E-state index < -0.39 is 0 Å². The minimum Gasteiger partial charge on any atom is -0.437 e. The fraction of sp³-hybridized carbons (Fsp3) is 0.348. The highest BCUT2D eigenvalue weighted by molar-refractivity contribution is 5.81. The second-order valence-electron chi connectivity index (χ2n) is 8.30. The van der Waals surface area contributed by atoms with Gasteiger partial charge in [0.1, 0.15) is 17.1 Å². The molecule has 9 nitrogen and oxygen atoms in total.